The number of carbonyl (C=O) groups excluding carboxylic acids is 2. The van der Waals surface area contributed by atoms with Crippen LogP contribution in [0.15, 0.2) is 24.3 Å². The number of rotatable bonds is 6. The number of anilines is 1. The first-order valence-electron chi connectivity index (χ1n) is 8.45. The molecule has 0 radical (unpaired) electrons. The van der Waals surface area contributed by atoms with Gasteiger partial charge < -0.3 is 16.0 Å². The standard InChI is InChI=1S/C18H27N3O2.ClH/c1-3-13(2)17(19)18(23)20-12-14-7-9-15(10-8-14)21-11-5-4-6-16(21)22;/h7-10,13,17H,3-6,11-12,19H2,1-2H3,(H,20,23);1H. The minimum Gasteiger partial charge on any atom is -0.351 e. The third-order valence-corrected chi connectivity index (χ3v) is 4.60. The summed E-state index contributed by atoms with van der Waals surface area (Å²) in [6, 6.07) is 7.32. The third-order valence-electron chi connectivity index (χ3n) is 4.60. The first-order valence-corrected chi connectivity index (χ1v) is 8.45. The molecule has 0 spiro atoms. The summed E-state index contributed by atoms with van der Waals surface area (Å²) < 4.78 is 0. The summed E-state index contributed by atoms with van der Waals surface area (Å²) in [5.74, 6) is 0.244. The Kier molecular flexibility index (Phi) is 8.22. The molecule has 1 fully saturated rings. The molecule has 5 nitrogen and oxygen atoms in total. The number of halogens is 1. The van der Waals surface area contributed by atoms with Gasteiger partial charge in [-0.3, -0.25) is 9.59 Å². The number of carbonyl (C=O) groups is 2. The molecule has 2 atom stereocenters. The van der Waals surface area contributed by atoms with Crippen molar-refractivity contribution < 1.29 is 9.59 Å². The van der Waals surface area contributed by atoms with Gasteiger partial charge in [-0.25, -0.2) is 0 Å². The molecule has 0 aromatic heterocycles. The number of amides is 2. The highest BCUT2D eigenvalue weighted by molar-refractivity contribution is 5.94. The van der Waals surface area contributed by atoms with Crippen LogP contribution >= 0.6 is 12.4 Å². The van der Waals surface area contributed by atoms with E-state index in [1.165, 1.54) is 0 Å². The van der Waals surface area contributed by atoms with Crippen molar-refractivity contribution in [1.29, 1.82) is 0 Å². The van der Waals surface area contributed by atoms with Gasteiger partial charge in [-0.1, -0.05) is 32.4 Å². The fraction of sp³-hybridized carbons (Fsp3) is 0.556. The van der Waals surface area contributed by atoms with Crippen LogP contribution in [0.3, 0.4) is 0 Å². The van der Waals surface area contributed by atoms with Crippen molar-refractivity contribution in [3.8, 4) is 0 Å². The number of piperidine rings is 1. The van der Waals surface area contributed by atoms with E-state index in [0.29, 0.717) is 13.0 Å². The molecule has 2 rings (SSSR count). The van der Waals surface area contributed by atoms with Crippen LogP contribution in [0.25, 0.3) is 0 Å². The summed E-state index contributed by atoms with van der Waals surface area (Å²) in [5.41, 5.74) is 7.85. The zero-order valence-electron chi connectivity index (χ0n) is 14.5. The van der Waals surface area contributed by atoms with E-state index >= 15 is 0 Å². The highest BCUT2D eigenvalue weighted by Crippen LogP contribution is 2.21. The van der Waals surface area contributed by atoms with E-state index in [2.05, 4.69) is 5.32 Å². The molecular formula is C18H28ClN3O2. The first-order chi connectivity index (χ1) is 11.0. The van der Waals surface area contributed by atoms with Crippen LogP contribution < -0.4 is 16.0 Å². The Bertz CT molecular complexity index is 548. The average Bonchev–Trinajstić information content (AvgIpc) is 2.59. The molecule has 0 bridgehead atoms. The van der Waals surface area contributed by atoms with E-state index in [-0.39, 0.29) is 30.1 Å². The predicted molar refractivity (Wildman–Crippen MR) is 99.2 cm³/mol. The van der Waals surface area contributed by atoms with E-state index in [0.717, 1.165) is 37.1 Å². The van der Waals surface area contributed by atoms with Crippen molar-refractivity contribution in [3.63, 3.8) is 0 Å². The quantitative estimate of drug-likeness (QED) is 0.825. The van der Waals surface area contributed by atoms with Gasteiger partial charge in [0.05, 0.1) is 6.04 Å². The second-order valence-corrected chi connectivity index (χ2v) is 6.30. The Morgan fingerprint density at radius 3 is 2.54 bits per heavy atom. The van der Waals surface area contributed by atoms with Crippen molar-refractivity contribution in [3.05, 3.63) is 29.8 Å². The highest BCUT2D eigenvalue weighted by atomic mass is 35.5. The van der Waals surface area contributed by atoms with Crippen LogP contribution in [0.2, 0.25) is 0 Å². The zero-order valence-corrected chi connectivity index (χ0v) is 15.3. The minimum absolute atomic E-state index is 0. The molecule has 1 aromatic rings. The second kappa shape index (κ2) is 9.64. The van der Waals surface area contributed by atoms with Gasteiger partial charge in [0.15, 0.2) is 0 Å². The first kappa shape index (κ1) is 20.5. The van der Waals surface area contributed by atoms with Gasteiger partial charge in [-0.15, -0.1) is 12.4 Å². The molecule has 1 saturated heterocycles. The molecule has 1 aromatic carbocycles. The SMILES string of the molecule is CCC(C)C(N)C(=O)NCc1ccc(N2CCCCC2=O)cc1.Cl. The molecule has 0 saturated carbocycles. The van der Waals surface area contributed by atoms with E-state index in [9.17, 15) is 9.59 Å². The van der Waals surface area contributed by atoms with Crippen LogP contribution in [0.4, 0.5) is 5.69 Å². The Morgan fingerprint density at radius 2 is 1.96 bits per heavy atom. The van der Waals surface area contributed by atoms with E-state index in [1.807, 2.05) is 43.0 Å². The lowest BCUT2D eigenvalue weighted by Gasteiger charge is -2.27. The van der Waals surface area contributed by atoms with Gasteiger partial charge in [0, 0.05) is 25.2 Å². The minimum atomic E-state index is -0.467. The Balaban J connectivity index is 0.00000288. The lowest BCUT2D eigenvalue weighted by atomic mass is 9.99. The van der Waals surface area contributed by atoms with Gasteiger partial charge in [0.1, 0.15) is 0 Å². The third kappa shape index (κ3) is 5.21. The summed E-state index contributed by atoms with van der Waals surface area (Å²) in [6.07, 6.45) is 3.55. The van der Waals surface area contributed by atoms with Crippen molar-refractivity contribution in [1.82, 2.24) is 5.32 Å². The van der Waals surface area contributed by atoms with Gasteiger partial charge in [0.2, 0.25) is 11.8 Å². The lowest BCUT2D eigenvalue weighted by Crippen LogP contribution is -2.44. The van der Waals surface area contributed by atoms with E-state index < -0.39 is 6.04 Å². The monoisotopic (exact) mass is 353 g/mol. The van der Waals surface area contributed by atoms with Gasteiger partial charge >= 0.3 is 0 Å². The smallest absolute Gasteiger partial charge is 0.237 e. The molecule has 1 aliphatic rings. The Hall–Kier alpha value is -1.59. The summed E-state index contributed by atoms with van der Waals surface area (Å²) >= 11 is 0. The summed E-state index contributed by atoms with van der Waals surface area (Å²) in [7, 11) is 0. The number of hydrogen-bond donors (Lipinski definition) is 2. The van der Waals surface area contributed by atoms with Crippen molar-refractivity contribution in [2.75, 3.05) is 11.4 Å². The van der Waals surface area contributed by atoms with Crippen LogP contribution in [0, 0.1) is 5.92 Å². The average molecular weight is 354 g/mol. The number of benzene rings is 1. The van der Waals surface area contributed by atoms with Gasteiger partial charge in [0.25, 0.3) is 0 Å². The normalized spacial score (nSPS) is 17.0. The van der Waals surface area contributed by atoms with Crippen molar-refractivity contribution in [2.45, 2.75) is 52.1 Å². The fourth-order valence-electron chi connectivity index (χ4n) is 2.69. The maximum absolute atomic E-state index is 12.0. The summed E-state index contributed by atoms with van der Waals surface area (Å²) in [5, 5.41) is 2.88. The summed E-state index contributed by atoms with van der Waals surface area (Å²) in [4.78, 5) is 25.7. The van der Waals surface area contributed by atoms with E-state index in [1.54, 1.807) is 0 Å². The fourth-order valence-corrected chi connectivity index (χ4v) is 2.69. The predicted octanol–water partition coefficient (Wildman–Crippen LogP) is 2.61. The maximum Gasteiger partial charge on any atom is 0.237 e. The highest BCUT2D eigenvalue weighted by Gasteiger charge is 2.20. The van der Waals surface area contributed by atoms with Crippen molar-refractivity contribution in [2.24, 2.45) is 11.7 Å². The molecular weight excluding hydrogens is 326 g/mol. The Labute approximate surface area is 150 Å². The van der Waals surface area contributed by atoms with Crippen LogP contribution in [0.5, 0.6) is 0 Å². The van der Waals surface area contributed by atoms with Crippen LogP contribution in [-0.2, 0) is 16.1 Å². The molecule has 2 unspecified atom stereocenters. The number of nitrogens with zero attached hydrogens (tertiary/aromatic N) is 1. The largest absolute Gasteiger partial charge is 0.351 e. The van der Waals surface area contributed by atoms with Crippen LogP contribution in [-0.4, -0.2) is 24.4 Å². The molecule has 2 amide bonds. The molecule has 24 heavy (non-hydrogen) atoms. The molecule has 1 heterocycles. The van der Waals surface area contributed by atoms with Crippen molar-refractivity contribution >= 4 is 29.9 Å². The molecule has 1 aliphatic heterocycles. The molecule has 3 N–H and O–H groups in total. The van der Waals surface area contributed by atoms with Crippen LogP contribution in [0.1, 0.15) is 45.1 Å². The number of nitrogens with one attached hydrogen (secondary N) is 1. The molecule has 134 valence electrons. The zero-order chi connectivity index (χ0) is 16.8. The molecule has 0 aliphatic carbocycles. The lowest BCUT2D eigenvalue weighted by molar-refractivity contribution is -0.123. The summed E-state index contributed by atoms with van der Waals surface area (Å²) in [6.45, 7) is 5.25. The Morgan fingerprint density at radius 1 is 1.29 bits per heavy atom. The topological polar surface area (TPSA) is 75.4 Å². The van der Waals surface area contributed by atoms with Gasteiger partial charge in [-0.2, -0.15) is 0 Å². The van der Waals surface area contributed by atoms with Gasteiger partial charge in [-0.05, 0) is 36.5 Å². The molecule has 6 heteroatoms. The number of nitrogens with two attached hydrogens (primary N) is 1. The second-order valence-electron chi connectivity index (χ2n) is 6.30. The van der Waals surface area contributed by atoms with E-state index in [4.69, 9.17) is 5.73 Å². The maximum atomic E-state index is 12.0. The number of hydrogen-bond acceptors (Lipinski definition) is 3.